The molecule has 0 N–H and O–H groups in total. The van der Waals surface area contributed by atoms with Crippen LogP contribution in [0.3, 0.4) is 0 Å². The molecule has 1 aliphatic carbocycles. The Bertz CT molecular complexity index is 414. The van der Waals surface area contributed by atoms with E-state index in [0.29, 0.717) is 17.7 Å². The van der Waals surface area contributed by atoms with Crippen molar-refractivity contribution in [3.8, 4) is 0 Å². The van der Waals surface area contributed by atoms with E-state index in [2.05, 4.69) is 21.7 Å². The maximum absolute atomic E-state index is 12.2. The van der Waals surface area contributed by atoms with Crippen molar-refractivity contribution in [2.75, 3.05) is 6.54 Å². The number of thiophene rings is 1. The molecule has 1 aliphatic heterocycles. The zero-order valence-corrected chi connectivity index (χ0v) is 12.3. The van der Waals surface area contributed by atoms with Crippen LogP contribution in [0.2, 0.25) is 0 Å². The lowest BCUT2D eigenvalue weighted by atomic mass is 9.79. The van der Waals surface area contributed by atoms with Gasteiger partial charge in [-0.2, -0.15) is 11.3 Å². The molecule has 19 heavy (non-hydrogen) atoms. The first kappa shape index (κ1) is 13.3. The molecule has 1 saturated heterocycles. The standard InChI is InChI=1S/C16H23NOS/c18-16-7-2-1-5-14(16)15-6-3-4-9-17(15)11-13-8-10-19-12-13/h8,10,12,14-15H,1-7,9,11H2. The van der Waals surface area contributed by atoms with Gasteiger partial charge in [0.2, 0.25) is 0 Å². The number of ketones is 1. The maximum atomic E-state index is 12.2. The summed E-state index contributed by atoms with van der Waals surface area (Å²) >= 11 is 1.77. The van der Waals surface area contributed by atoms with E-state index in [4.69, 9.17) is 0 Å². The molecular formula is C16H23NOS. The van der Waals surface area contributed by atoms with E-state index in [9.17, 15) is 4.79 Å². The predicted molar refractivity (Wildman–Crippen MR) is 79.3 cm³/mol. The predicted octanol–water partition coefficient (Wildman–Crippen LogP) is 3.86. The van der Waals surface area contributed by atoms with E-state index in [1.807, 2.05) is 0 Å². The number of hydrogen-bond donors (Lipinski definition) is 0. The Kier molecular flexibility index (Phi) is 4.34. The highest BCUT2D eigenvalue weighted by atomic mass is 32.1. The van der Waals surface area contributed by atoms with Gasteiger partial charge in [-0.25, -0.2) is 0 Å². The summed E-state index contributed by atoms with van der Waals surface area (Å²) in [4.78, 5) is 14.8. The van der Waals surface area contributed by atoms with Crippen LogP contribution in [-0.4, -0.2) is 23.3 Å². The number of hydrogen-bond acceptors (Lipinski definition) is 3. The van der Waals surface area contributed by atoms with Gasteiger partial charge in [0.15, 0.2) is 0 Å². The first-order valence-electron chi connectivity index (χ1n) is 7.62. The van der Waals surface area contributed by atoms with Gasteiger partial charge in [-0.15, -0.1) is 0 Å². The van der Waals surface area contributed by atoms with Crippen LogP contribution in [0.5, 0.6) is 0 Å². The topological polar surface area (TPSA) is 20.3 Å². The number of carbonyl (C=O) groups excluding carboxylic acids is 1. The van der Waals surface area contributed by atoms with Crippen LogP contribution in [0.15, 0.2) is 16.8 Å². The molecule has 2 heterocycles. The number of Topliss-reactive ketones (excluding diaryl/α,β-unsaturated/α-hetero) is 1. The fraction of sp³-hybridized carbons (Fsp3) is 0.688. The van der Waals surface area contributed by atoms with Crippen LogP contribution in [0.25, 0.3) is 0 Å². The van der Waals surface area contributed by atoms with Gasteiger partial charge in [0.05, 0.1) is 0 Å². The van der Waals surface area contributed by atoms with Crippen LogP contribution < -0.4 is 0 Å². The molecule has 1 saturated carbocycles. The zero-order chi connectivity index (χ0) is 13.1. The Morgan fingerprint density at radius 2 is 2.11 bits per heavy atom. The summed E-state index contributed by atoms with van der Waals surface area (Å²) in [6.45, 7) is 2.21. The molecule has 1 aromatic heterocycles. The van der Waals surface area contributed by atoms with Crippen molar-refractivity contribution in [1.82, 2.24) is 4.90 Å². The SMILES string of the molecule is O=C1CCCCC1C1CCCCN1Cc1ccsc1. The van der Waals surface area contributed by atoms with Crippen molar-refractivity contribution in [2.24, 2.45) is 5.92 Å². The zero-order valence-electron chi connectivity index (χ0n) is 11.5. The highest BCUT2D eigenvalue weighted by Crippen LogP contribution is 2.32. The number of piperidine rings is 1. The molecular weight excluding hydrogens is 254 g/mol. The molecule has 0 amide bonds. The van der Waals surface area contributed by atoms with Gasteiger partial charge in [0.1, 0.15) is 5.78 Å². The molecule has 2 fully saturated rings. The summed E-state index contributed by atoms with van der Waals surface area (Å²) in [5, 5.41) is 4.40. The monoisotopic (exact) mass is 277 g/mol. The van der Waals surface area contributed by atoms with E-state index < -0.39 is 0 Å². The lowest BCUT2D eigenvalue weighted by Crippen LogP contribution is -2.46. The second kappa shape index (κ2) is 6.19. The lowest BCUT2D eigenvalue weighted by Gasteiger charge is -2.41. The van der Waals surface area contributed by atoms with E-state index in [0.717, 1.165) is 25.8 Å². The third-order valence-corrected chi connectivity index (χ3v) is 5.43. The van der Waals surface area contributed by atoms with Gasteiger partial charge in [-0.05, 0) is 54.6 Å². The molecule has 2 unspecified atom stereocenters. The van der Waals surface area contributed by atoms with Gasteiger partial charge in [0.25, 0.3) is 0 Å². The van der Waals surface area contributed by atoms with Gasteiger partial charge < -0.3 is 0 Å². The fourth-order valence-corrected chi connectivity index (χ4v) is 4.36. The quantitative estimate of drug-likeness (QED) is 0.836. The molecule has 1 aromatic rings. The number of likely N-dealkylation sites (tertiary alicyclic amines) is 1. The minimum Gasteiger partial charge on any atom is -0.299 e. The fourth-order valence-electron chi connectivity index (χ4n) is 3.70. The van der Waals surface area contributed by atoms with Crippen molar-refractivity contribution < 1.29 is 4.79 Å². The molecule has 2 atom stereocenters. The lowest BCUT2D eigenvalue weighted by molar-refractivity contribution is -0.127. The average Bonchev–Trinajstić information content (AvgIpc) is 2.93. The molecule has 0 radical (unpaired) electrons. The molecule has 2 aliphatic rings. The Morgan fingerprint density at radius 1 is 1.21 bits per heavy atom. The minimum absolute atomic E-state index is 0.327. The van der Waals surface area contributed by atoms with E-state index >= 15 is 0 Å². The number of rotatable bonds is 3. The molecule has 0 spiro atoms. The summed E-state index contributed by atoms with van der Waals surface area (Å²) in [6.07, 6.45) is 8.14. The first-order chi connectivity index (χ1) is 9.34. The van der Waals surface area contributed by atoms with Crippen molar-refractivity contribution in [2.45, 2.75) is 57.5 Å². The molecule has 2 nitrogen and oxygen atoms in total. The average molecular weight is 277 g/mol. The molecule has 0 aromatic carbocycles. The van der Waals surface area contributed by atoms with Crippen LogP contribution in [0.4, 0.5) is 0 Å². The van der Waals surface area contributed by atoms with Crippen LogP contribution in [0.1, 0.15) is 50.5 Å². The van der Waals surface area contributed by atoms with E-state index in [1.165, 1.54) is 37.8 Å². The van der Waals surface area contributed by atoms with Gasteiger partial charge in [0, 0.05) is 24.9 Å². The molecule has 104 valence electrons. The van der Waals surface area contributed by atoms with Gasteiger partial charge in [-0.3, -0.25) is 9.69 Å². The highest BCUT2D eigenvalue weighted by Gasteiger charge is 2.35. The van der Waals surface area contributed by atoms with Crippen LogP contribution in [0, 0.1) is 5.92 Å². The Morgan fingerprint density at radius 3 is 2.89 bits per heavy atom. The minimum atomic E-state index is 0.327. The Labute approximate surface area is 119 Å². The highest BCUT2D eigenvalue weighted by molar-refractivity contribution is 7.07. The van der Waals surface area contributed by atoms with Crippen molar-refractivity contribution in [1.29, 1.82) is 0 Å². The second-order valence-electron chi connectivity index (χ2n) is 5.98. The van der Waals surface area contributed by atoms with Crippen LogP contribution in [-0.2, 0) is 11.3 Å². The largest absolute Gasteiger partial charge is 0.299 e. The van der Waals surface area contributed by atoms with Gasteiger partial charge >= 0.3 is 0 Å². The maximum Gasteiger partial charge on any atom is 0.137 e. The molecule has 3 rings (SSSR count). The van der Waals surface area contributed by atoms with Crippen molar-refractivity contribution in [3.05, 3.63) is 22.4 Å². The summed E-state index contributed by atoms with van der Waals surface area (Å²) in [5.74, 6) is 0.862. The number of carbonyl (C=O) groups is 1. The number of nitrogens with zero attached hydrogens (tertiary/aromatic N) is 1. The van der Waals surface area contributed by atoms with Crippen LogP contribution >= 0.6 is 11.3 Å². The Hall–Kier alpha value is -0.670. The second-order valence-corrected chi connectivity index (χ2v) is 6.76. The van der Waals surface area contributed by atoms with Crippen molar-refractivity contribution in [3.63, 3.8) is 0 Å². The summed E-state index contributed by atoms with van der Waals surface area (Å²) in [5.41, 5.74) is 1.42. The summed E-state index contributed by atoms with van der Waals surface area (Å²) < 4.78 is 0. The van der Waals surface area contributed by atoms with E-state index in [-0.39, 0.29) is 0 Å². The summed E-state index contributed by atoms with van der Waals surface area (Å²) in [6, 6.07) is 2.74. The Balaban J connectivity index is 1.71. The van der Waals surface area contributed by atoms with Crippen molar-refractivity contribution >= 4 is 17.1 Å². The normalized spacial score (nSPS) is 29.6. The third-order valence-electron chi connectivity index (χ3n) is 4.70. The molecule has 3 heteroatoms. The first-order valence-corrected chi connectivity index (χ1v) is 8.57. The van der Waals surface area contributed by atoms with E-state index in [1.54, 1.807) is 11.3 Å². The summed E-state index contributed by atoms with van der Waals surface area (Å²) in [7, 11) is 0. The third kappa shape index (κ3) is 3.09. The van der Waals surface area contributed by atoms with Gasteiger partial charge in [-0.1, -0.05) is 12.8 Å². The smallest absolute Gasteiger partial charge is 0.137 e. The molecule has 0 bridgehead atoms.